The molecule has 0 bridgehead atoms. The van der Waals surface area contributed by atoms with Crippen LogP contribution in [0.2, 0.25) is 0 Å². The highest BCUT2D eigenvalue weighted by Gasteiger charge is 2.19. The van der Waals surface area contributed by atoms with Crippen molar-refractivity contribution in [3.63, 3.8) is 0 Å². The molecule has 0 spiro atoms. The molecule has 1 unspecified atom stereocenters. The maximum absolute atomic E-state index is 12.8. The summed E-state index contributed by atoms with van der Waals surface area (Å²) in [6.45, 7) is 6.32. The summed E-state index contributed by atoms with van der Waals surface area (Å²) in [7, 11) is -0.678. The van der Waals surface area contributed by atoms with E-state index in [0.29, 0.717) is 11.7 Å². The Morgan fingerprint density at radius 1 is 0.676 bits per heavy atom. The maximum Gasteiger partial charge on any atom is 0.318 e. The molecular weight excluding hydrogens is 435 g/mol. The van der Waals surface area contributed by atoms with Gasteiger partial charge in [-0.1, -0.05) is 111 Å². The van der Waals surface area contributed by atoms with Gasteiger partial charge in [-0.15, -0.1) is 0 Å². The number of hydrogen-bond donors (Lipinski definition) is 0. The SMILES string of the molecule is CC(C)Cc1ccc(C(C)C(=O)Oc2ccc(P(c3ccccc3)c3ccccc3)cc2)cc1. The van der Waals surface area contributed by atoms with Gasteiger partial charge in [0.2, 0.25) is 0 Å². The van der Waals surface area contributed by atoms with Gasteiger partial charge in [0.1, 0.15) is 5.75 Å². The van der Waals surface area contributed by atoms with Crippen molar-refractivity contribution < 1.29 is 9.53 Å². The van der Waals surface area contributed by atoms with Crippen molar-refractivity contribution in [3.8, 4) is 5.75 Å². The van der Waals surface area contributed by atoms with Gasteiger partial charge in [0.05, 0.1) is 5.92 Å². The predicted molar refractivity (Wildman–Crippen MR) is 144 cm³/mol. The first-order chi connectivity index (χ1) is 16.5. The standard InChI is InChI=1S/C31H31O2P/c1-23(2)22-25-14-16-26(17-15-25)24(3)31(32)33-27-18-20-30(21-19-27)34(28-10-6-4-7-11-28)29-12-8-5-9-13-29/h4-21,23-24H,22H2,1-3H3. The minimum absolute atomic E-state index is 0.238. The Labute approximate surface area is 204 Å². The number of hydrogen-bond acceptors (Lipinski definition) is 2. The molecule has 0 aliphatic heterocycles. The monoisotopic (exact) mass is 466 g/mol. The zero-order valence-electron chi connectivity index (χ0n) is 20.0. The summed E-state index contributed by atoms with van der Waals surface area (Å²) in [5.41, 5.74) is 2.27. The van der Waals surface area contributed by atoms with Gasteiger partial charge in [-0.05, 0) is 66.4 Å². The zero-order valence-corrected chi connectivity index (χ0v) is 20.9. The largest absolute Gasteiger partial charge is 0.426 e. The molecule has 172 valence electrons. The summed E-state index contributed by atoms with van der Waals surface area (Å²) in [5.74, 6) is 0.630. The van der Waals surface area contributed by atoms with E-state index in [1.54, 1.807) is 0 Å². The first-order valence-electron chi connectivity index (χ1n) is 11.8. The Kier molecular flexibility index (Phi) is 7.93. The van der Waals surface area contributed by atoms with Crippen LogP contribution in [-0.4, -0.2) is 5.97 Å². The Morgan fingerprint density at radius 2 is 1.18 bits per heavy atom. The predicted octanol–water partition coefficient (Wildman–Crippen LogP) is 6.35. The van der Waals surface area contributed by atoms with Crippen LogP contribution in [0.5, 0.6) is 5.75 Å². The van der Waals surface area contributed by atoms with Crippen molar-refractivity contribution in [1.29, 1.82) is 0 Å². The van der Waals surface area contributed by atoms with Gasteiger partial charge >= 0.3 is 5.97 Å². The van der Waals surface area contributed by atoms with E-state index in [2.05, 4.69) is 86.6 Å². The molecule has 0 fully saturated rings. The summed E-state index contributed by atoms with van der Waals surface area (Å²) >= 11 is 0. The fraction of sp³-hybridized carbons (Fsp3) is 0.194. The third kappa shape index (κ3) is 6.01. The highest BCUT2D eigenvalue weighted by atomic mass is 31.1. The Morgan fingerprint density at radius 3 is 1.68 bits per heavy atom. The van der Waals surface area contributed by atoms with Gasteiger partial charge in [0.25, 0.3) is 0 Å². The van der Waals surface area contributed by atoms with Crippen molar-refractivity contribution in [2.45, 2.75) is 33.1 Å². The van der Waals surface area contributed by atoms with Crippen LogP contribution in [0.15, 0.2) is 109 Å². The molecule has 0 saturated carbocycles. The highest BCUT2D eigenvalue weighted by Crippen LogP contribution is 2.33. The quantitative estimate of drug-likeness (QED) is 0.172. The fourth-order valence-electron chi connectivity index (χ4n) is 4.02. The van der Waals surface area contributed by atoms with Gasteiger partial charge in [-0.25, -0.2) is 0 Å². The second-order valence-corrected chi connectivity index (χ2v) is 11.2. The average molecular weight is 467 g/mol. The first kappa shape index (κ1) is 23.9. The second-order valence-electron chi connectivity index (χ2n) is 8.98. The molecule has 0 amide bonds. The van der Waals surface area contributed by atoms with Crippen LogP contribution in [0.3, 0.4) is 0 Å². The van der Waals surface area contributed by atoms with Crippen LogP contribution < -0.4 is 20.7 Å². The zero-order chi connectivity index (χ0) is 23.9. The highest BCUT2D eigenvalue weighted by molar-refractivity contribution is 7.79. The lowest BCUT2D eigenvalue weighted by atomic mass is 9.97. The summed E-state index contributed by atoms with van der Waals surface area (Å²) in [4.78, 5) is 12.8. The molecule has 0 saturated heterocycles. The number of esters is 1. The number of benzene rings is 4. The summed E-state index contributed by atoms with van der Waals surface area (Å²) in [6, 6.07) is 37.4. The van der Waals surface area contributed by atoms with Crippen molar-refractivity contribution >= 4 is 29.8 Å². The lowest BCUT2D eigenvalue weighted by molar-refractivity contribution is -0.135. The molecule has 1 atom stereocenters. The molecule has 4 aromatic carbocycles. The lowest BCUT2D eigenvalue weighted by Crippen LogP contribution is -2.21. The van der Waals surface area contributed by atoms with Crippen LogP contribution in [0.25, 0.3) is 0 Å². The van der Waals surface area contributed by atoms with Crippen molar-refractivity contribution in [3.05, 3.63) is 120 Å². The van der Waals surface area contributed by atoms with E-state index in [0.717, 1.165) is 12.0 Å². The van der Waals surface area contributed by atoms with Gasteiger partial charge < -0.3 is 4.74 Å². The van der Waals surface area contributed by atoms with Crippen molar-refractivity contribution in [1.82, 2.24) is 0 Å². The number of carbonyl (C=O) groups is 1. The van der Waals surface area contributed by atoms with E-state index in [9.17, 15) is 4.79 Å². The number of ether oxygens (including phenoxy) is 1. The molecule has 0 aromatic heterocycles. The average Bonchev–Trinajstić information content (AvgIpc) is 2.86. The Hall–Kier alpha value is -3.22. The van der Waals surface area contributed by atoms with Crippen LogP contribution in [-0.2, 0) is 11.2 Å². The summed E-state index contributed by atoms with van der Waals surface area (Å²) in [6.07, 6.45) is 1.04. The van der Waals surface area contributed by atoms with Crippen LogP contribution >= 0.6 is 7.92 Å². The van der Waals surface area contributed by atoms with Gasteiger partial charge in [-0.2, -0.15) is 0 Å². The topological polar surface area (TPSA) is 26.3 Å². The Bertz CT molecular complexity index is 1140. The number of rotatable bonds is 8. The van der Waals surface area contributed by atoms with Crippen molar-refractivity contribution in [2.24, 2.45) is 5.92 Å². The van der Waals surface area contributed by atoms with E-state index in [-0.39, 0.29) is 11.9 Å². The molecule has 2 nitrogen and oxygen atoms in total. The molecule has 4 aromatic rings. The van der Waals surface area contributed by atoms with E-state index in [1.165, 1.54) is 21.5 Å². The second kappa shape index (κ2) is 11.3. The summed E-state index contributed by atoms with van der Waals surface area (Å²) < 4.78 is 5.74. The van der Waals surface area contributed by atoms with Crippen LogP contribution in [0.1, 0.15) is 37.8 Å². The molecule has 0 N–H and O–H groups in total. The number of carbonyl (C=O) groups excluding carboxylic acids is 1. The molecular formula is C31H31O2P. The Balaban J connectivity index is 1.49. The molecule has 0 aliphatic rings. The van der Waals surface area contributed by atoms with E-state index in [1.807, 2.05) is 43.3 Å². The normalized spacial score (nSPS) is 12.0. The van der Waals surface area contributed by atoms with Gasteiger partial charge in [-0.3, -0.25) is 4.79 Å². The molecule has 0 heterocycles. The molecule has 34 heavy (non-hydrogen) atoms. The van der Waals surface area contributed by atoms with Crippen molar-refractivity contribution in [2.75, 3.05) is 0 Å². The third-order valence-corrected chi connectivity index (χ3v) is 8.26. The first-order valence-corrected chi connectivity index (χ1v) is 13.2. The maximum atomic E-state index is 12.8. The van der Waals surface area contributed by atoms with Crippen LogP contribution in [0.4, 0.5) is 0 Å². The van der Waals surface area contributed by atoms with E-state index >= 15 is 0 Å². The molecule has 0 aliphatic carbocycles. The third-order valence-electron chi connectivity index (χ3n) is 5.82. The lowest BCUT2D eigenvalue weighted by Gasteiger charge is -2.19. The van der Waals surface area contributed by atoms with E-state index < -0.39 is 7.92 Å². The van der Waals surface area contributed by atoms with Crippen LogP contribution in [0, 0.1) is 5.92 Å². The molecule has 4 rings (SSSR count). The minimum Gasteiger partial charge on any atom is -0.426 e. The molecule has 3 heteroatoms. The van der Waals surface area contributed by atoms with E-state index in [4.69, 9.17) is 4.74 Å². The smallest absolute Gasteiger partial charge is 0.318 e. The van der Waals surface area contributed by atoms with Gasteiger partial charge in [0, 0.05) is 0 Å². The fourth-order valence-corrected chi connectivity index (χ4v) is 6.30. The van der Waals surface area contributed by atoms with Gasteiger partial charge in [0.15, 0.2) is 0 Å². The molecule has 0 radical (unpaired) electrons. The minimum atomic E-state index is -0.678. The summed E-state index contributed by atoms with van der Waals surface area (Å²) in [5, 5.41) is 3.81.